The summed E-state index contributed by atoms with van der Waals surface area (Å²) in [4.78, 5) is 4.08. The number of nitrogens with two attached hydrogens (primary N) is 1. The van der Waals surface area contributed by atoms with Gasteiger partial charge in [0, 0.05) is 32.4 Å². The molecule has 0 atom stereocenters. The molecule has 1 aromatic heterocycles. The van der Waals surface area contributed by atoms with E-state index in [1.165, 1.54) is 0 Å². The molecule has 0 bridgehead atoms. The number of aryl methyl sites for hydroxylation is 2. The largest absolute Gasteiger partial charge is 0.500 e. The highest BCUT2D eigenvalue weighted by Gasteiger charge is 2.39. The highest BCUT2D eigenvalue weighted by atomic mass is 28.4. The Morgan fingerprint density at radius 3 is 2.05 bits per heavy atom. The first-order chi connectivity index (χ1) is 9.56. The van der Waals surface area contributed by atoms with E-state index in [9.17, 15) is 0 Å². The summed E-state index contributed by atoms with van der Waals surface area (Å²) in [5.74, 6) is 1.13. The Morgan fingerprint density at radius 1 is 1.10 bits per heavy atom. The van der Waals surface area contributed by atoms with Crippen molar-refractivity contribution in [2.75, 3.05) is 25.6 Å². The zero-order valence-electron chi connectivity index (χ0n) is 12.9. The lowest BCUT2D eigenvalue weighted by Crippen LogP contribution is -2.46. The van der Waals surface area contributed by atoms with E-state index in [1.807, 2.05) is 27.7 Å². The van der Waals surface area contributed by atoms with Crippen molar-refractivity contribution in [2.45, 2.75) is 46.7 Å². The van der Waals surface area contributed by atoms with Crippen LogP contribution in [0.15, 0.2) is 0 Å². The minimum atomic E-state index is -2.55. The summed E-state index contributed by atoms with van der Waals surface area (Å²) in [6, 6.07) is 0.766. The third-order valence-corrected chi connectivity index (χ3v) is 5.97. The molecule has 0 aromatic carbocycles. The number of aromatic nitrogens is 3. The third-order valence-electron chi connectivity index (χ3n) is 2.82. The number of nitrogens with zero attached hydrogens (tertiary/aromatic N) is 3. The fourth-order valence-electron chi connectivity index (χ4n) is 2.10. The maximum atomic E-state index is 5.81. The van der Waals surface area contributed by atoms with Gasteiger partial charge < -0.3 is 19.0 Å². The SMILES string of the molecule is CCO[Si](CCCn1nc(N)nc1C)(OCC)OCC. The first-order valence-electron chi connectivity index (χ1n) is 7.15. The van der Waals surface area contributed by atoms with Gasteiger partial charge in [0.2, 0.25) is 5.95 Å². The lowest BCUT2D eigenvalue weighted by Gasteiger charge is -2.28. The molecule has 2 N–H and O–H groups in total. The van der Waals surface area contributed by atoms with E-state index in [1.54, 1.807) is 4.68 Å². The summed E-state index contributed by atoms with van der Waals surface area (Å²) in [6.07, 6.45) is 0.857. The van der Waals surface area contributed by atoms with Gasteiger partial charge in [-0.2, -0.15) is 4.98 Å². The lowest BCUT2D eigenvalue weighted by molar-refractivity contribution is 0.0704. The number of hydrogen-bond donors (Lipinski definition) is 1. The molecule has 7 nitrogen and oxygen atoms in total. The van der Waals surface area contributed by atoms with Crippen molar-refractivity contribution in [1.29, 1.82) is 0 Å². The van der Waals surface area contributed by atoms with Gasteiger partial charge in [-0.05, 0) is 34.1 Å². The number of hydrogen-bond acceptors (Lipinski definition) is 6. The normalized spacial score (nSPS) is 12.0. The molecule has 20 heavy (non-hydrogen) atoms. The van der Waals surface area contributed by atoms with Crippen LogP contribution in [0, 0.1) is 6.92 Å². The van der Waals surface area contributed by atoms with Crippen LogP contribution < -0.4 is 5.73 Å². The minimum Gasteiger partial charge on any atom is -0.374 e. The van der Waals surface area contributed by atoms with E-state index in [0.717, 1.165) is 24.8 Å². The predicted molar refractivity (Wildman–Crippen MR) is 79.2 cm³/mol. The maximum Gasteiger partial charge on any atom is 0.500 e. The molecular weight excluding hydrogens is 276 g/mol. The van der Waals surface area contributed by atoms with Crippen molar-refractivity contribution in [3.8, 4) is 0 Å². The smallest absolute Gasteiger partial charge is 0.374 e. The molecule has 0 aliphatic carbocycles. The Kier molecular flexibility index (Phi) is 7.14. The monoisotopic (exact) mass is 302 g/mol. The molecule has 0 amide bonds. The summed E-state index contributed by atoms with van der Waals surface area (Å²) >= 11 is 0. The molecule has 0 fully saturated rings. The first kappa shape index (κ1) is 17.1. The Balaban J connectivity index is 2.58. The second kappa shape index (κ2) is 8.35. The molecule has 0 saturated heterocycles. The van der Waals surface area contributed by atoms with Crippen LogP contribution in [-0.2, 0) is 19.8 Å². The topological polar surface area (TPSA) is 84.4 Å². The average Bonchev–Trinajstić information content (AvgIpc) is 2.69. The van der Waals surface area contributed by atoms with Crippen LogP contribution in [0.4, 0.5) is 5.95 Å². The number of nitrogen functional groups attached to an aromatic ring is 1. The molecule has 8 heteroatoms. The highest BCUT2D eigenvalue weighted by molar-refractivity contribution is 6.60. The van der Waals surface area contributed by atoms with Gasteiger partial charge in [-0.3, -0.25) is 0 Å². The van der Waals surface area contributed by atoms with Gasteiger partial charge in [0.25, 0.3) is 0 Å². The van der Waals surface area contributed by atoms with Gasteiger partial charge in [0.15, 0.2) is 0 Å². The molecule has 1 heterocycles. The van der Waals surface area contributed by atoms with Gasteiger partial charge in [0.05, 0.1) is 0 Å². The van der Waals surface area contributed by atoms with E-state index < -0.39 is 8.80 Å². The molecule has 0 spiro atoms. The molecular formula is C12H26N4O3Si. The maximum absolute atomic E-state index is 5.81. The third kappa shape index (κ3) is 4.86. The number of rotatable bonds is 10. The van der Waals surface area contributed by atoms with Crippen LogP contribution in [0.5, 0.6) is 0 Å². The predicted octanol–water partition coefficient (Wildman–Crippen LogP) is 1.61. The van der Waals surface area contributed by atoms with Crippen molar-refractivity contribution in [1.82, 2.24) is 14.8 Å². The summed E-state index contributed by atoms with van der Waals surface area (Å²) in [7, 11) is -2.55. The van der Waals surface area contributed by atoms with Gasteiger partial charge in [-0.15, -0.1) is 5.10 Å². The summed E-state index contributed by atoms with van der Waals surface area (Å²) in [5, 5.41) is 4.14. The van der Waals surface area contributed by atoms with Crippen molar-refractivity contribution < 1.29 is 13.3 Å². The highest BCUT2D eigenvalue weighted by Crippen LogP contribution is 2.19. The Labute approximate surface area is 121 Å². The molecule has 0 aliphatic heterocycles. The van der Waals surface area contributed by atoms with E-state index in [2.05, 4.69) is 10.1 Å². The lowest BCUT2D eigenvalue weighted by atomic mass is 10.5. The van der Waals surface area contributed by atoms with E-state index >= 15 is 0 Å². The average molecular weight is 302 g/mol. The van der Waals surface area contributed by atoms with Gasteiger partial charge in [-0.25, -0.2) is 4.68 Å². The second-order valence-electron chi connectivity index (χ2n) is 4.33. The van der Waals surface area contributed by atoms with Crippen LogP contribution in [0.25, 0.3) is 0 Å². The molecule has 0 radical (unpaired) electrons. The van der Waals surface area contributed by atoms with E-state index in [-0.39, 0.29) is 0 Å². The van der Waals surface area contributed by atoms with Crippen molar-refractivity contribution >= 4 is 14.8 Å². The summed E-state index contributed by atoms with van der Waals surface area (Å²) < 4.78 is 19.2. The molecule has 1 rings (SSSR count). The van der Waals surface area contributed by atoms with E-state index in [0.29, 0.717) is 25.8 Å². The van der Waals surface area contributed by atoms with Gasteiger partial charge in [-0.1, -0.05) is 0 Å². The second-order valence-corrected chi connectivity index (χ2v) is 7.06. The van der Waals surface area contributed by atoms with Crippen molar-refractivity contribution in [2.24, 2.45) is 0 Å². The number of anilines is 1. The zero-order chi connectivity index (χ0) is 15.0. The molecule has 1 aromatic rings. The van der Waals surface area contributed by atoms with Crippen LogP contribution in [-0.4, -0.2) is 43.4 Å². The minimum absolute atomic E-state index is 0.311. The van der Waals surface area contributed by atoms with E-state index in [4.69, 9.17) is 19.0 Å². The fourth-order valence-corrected chi connectivity index (χ4v) is 4.69. The standard InChI is InChI=1S/C12H26N4O3Si/c1-5-17-20(18-6-2,19-7-3)10-8-9-16-11(4)14-12(13)15-16/h5-10H2,1-4H3,(H2,13,15). The van der Waals surface area contributed by atoms with Crippen LogP contribution in [0.3, 0.4) is 0 Å². The Morgan fingerprint density at radius 2 is 1.65 bits per heavy atom. The van der Waals surface area contributed by atoms with Crippen molar-refractivity contribution in [3.63, 3.8) is 0 Å². The Bertz CT molecular complexity index is 383. The molecule has 116 valence electrons. The van der Waals surface area contributed by atoms with Crippen LogP contribution in [0.1, 0.15) is 33.0 Å². The quantitative estimate of drug-likeness (QED) is 0.661. The summed E-state index contributed by atoms with van der Waals surface area (Å²) in [6.45, 7) is 10.3. The summed E-state index contributed by atoms with van der Waals surface area (Å²) in [5.41, 5.74) is 5.57. The molecule has 0 unspecified atom stereocenters. The van der Waals surface area contributed by atoms with Gasteiger partial charge >= 0.3 is 8.80 Å². The van der Waals surface area contributed by atoms with Crippen LogP contribution in [0.2, 0.25) is 6.04 Å². The molecule has 0 aliphatic rings. The first-order valence-corrected chi connectivity index (χ1v) is 9.08. The van der Waals surface area contributed by atoms with Crippen LogP contribution >= 0.6 is 0 Å². The fraction of sp³-hybridized carbons (Fsp3) is 0.833. The van der Waals surface area contributed by atoms with Crippen molar-refractivity contribution in [3.05, 3.63) is 5.82 Å². The van der Waals surface area contributed by atoms with Gasteiger partial charge in [0.1, 0.15) is 5.82 Å². The molecule has 0 saturated carbocycles. The zero-order valence-corrected chi connectivity index (χ0v) is 13.9. The Hall–Kier alpha value is -0.963.